The van der Waals surface area contributed by atoms with Gasteiger partial charge in [-0.1, -0.05) is 0 Å². The molecule has 0 fully saturated rings. The lowest BCUT2D eigenvalue weighted by Crippen LogP contribution is -2.06. The lowest BCUT2D eigenvalue weighted by molar-refractivity contribution is 0.411. The molecule has 1 heterocycles. The molecule has 0 saturated carbocycles. The van der Waals surface area contributed by atoms with Gasteiger partial charge in [-0.2, -0.15) is 0 Å². The van der Waals surface area contributed by atoms with E-state index < -0.39 is 0 Å². The molecule has 2 N–H and O–H groups in total. The molecule has 0 amide bonds. The molecule has 0 aliphatic carbocycles. The van der Waals surface area contributed by atoms with E-state index in [2.05, 4.69) is 35.2 Å². The van der Waals surface area contributed by atoms with Crippen molar-refractivity contribution in [3.05, 3.63) is 35.3 Å². The Morgan fingerprint density at radius 1 is 1.28 bits per heavy atom. The Labute approximate surface area is 107 Å². The maximum absolute atomic E-state index is 5.32. The Kier molecular flexibility index (Phi) is 3.67. The van der Waals surface area contributed by atoms with Gasteiger partial charge in [0, 0.05) is 5.56 Å². The number of methoxy groups -OCH3 is 1. The summed E-state index contributed by atoms with van der Waals surface area (Å²) in [4.78, 5) is 7.67. The number of hydrogen-bond acceptors (Lipinski definition) is 3. The van der Waals surface area contributed by atoms with E-state index in [9.17, 15) is 0 Å². The van der Waals surface area contributed by atoms with Crippen LogP contribution in [0.15, 0.2) is 18.3 Å². The number of aromatic amines is 1. The lowest BCUT2D eigenvalue weighted by Gasteiger charge is -2.11. The van der Waals surface area contributed by atoms with Gasteiger partial charge >= 0.3 is 0 Å². The first kappa shape index (κ1) is 12.6. The second-order valence-corrected chi connectivity index (χ2v) is 4.34. The van der Waals surface area contributed by atoms with Crippen molar-refractivity contribution in [2.24, 2.45) is 0 Å². The van der Waals surface area contributed by atoms with E-state index >= 15 is 0 Å². The second kappa shape index (κ2) is 5.23. The molecule has 1 aromatic carbocycles. The largest absolute Gasteiger partial charge is 0.496 e. The van der Waals surface area contributed by atoms with Gasteiger partial charge in [0.25, 0.3) is 0 Å². The summed E-state index contributed by atoms with van der Waals surface area (Å²) in [6, 6.07) is 4.06. The SMILES string of the molecule is CNCc1ncc(-c2ccc(OC)c(C)c2C)[nH]1. The summed E-state index contributed by atoms with van der Waals surface area (Å²) in [6.45, 7) is 4.92. The topological polar surface area (TPSA) is 49.9 Å². The van der Waals surface area contributed by atoms with E-state index in [0.29, 0.717) is 0 Å². The van der Waals surface area contributed by atoms with E-state index in [1.807, 2.05) is 19.3 Å². The van der Waals surface area contributed by atoms with Gasteiger partial charge in [-0.05, 0) is 44.2 Å². The zero-order chi connectivity index (χ0) is 13.1. The molecular weight excluding hydrogens is 226 g/mol. The fourth-order valence-electron chi connectivity index (χ4n) is 2.07. The number of ether oxygens (including phenoxy) is 1. The Balaban J connectivity index is 2.41. The summed E-state index contributed by atoms with van der Waals surface area (Å²) in [6.07, 6.45) is 1.88. The van der Waals surface area contributed by atoms with Crippen molar-refractivity contribution >= 4 is 0 Å². The molecule has 0 atom stereocenters. The molecule has 0 bridgehead atoms. The van der Waals surface area contributed by atoms with Crippen LogP contribution in [0.4, 0.5) is 0 Å². The van der Waals surface area contributed by atoms with Crippen LogP contribution in [0.5, 0.6) is 5.75 Å². The lowest BCUT2D eigenvalue weighted by atomic mass is 10.0. The number of rotatable bonds is 4. The minimum absolute atomic E-state index is 0.744. The summed E-state index contributed by atoms with van der Waals surface area (Å²) >= 11 is 0. The molecule has 2 aromatic rings. The molecule has 0 unspecified atom stereocenters. The van der Waals surface area contributed by atoms with Crippen molar-refractivity contribution in [1.82, 2.24) is 15.3 Å². The summed E-state index contributed by atoms with van der Waals surface area (Å²) in [5.74, 6) is 1.87. The molecule has 1 aromatic heterocycles. The van der Waals surface area contributed by atoms with Gasteiger partial charge < -0.3 is 15.0 Å². The predicted octanol–water partition coefficient (Wildman–Crippen LogP) is 2.42. The molecule has 2 rings (SSSR count). The highest BCUT2D eigenvalue weighted by atomic mass is 16.5. The van der Waals surface area contributed by atoms with Crippen LogP contribution in [0.3, 0.4) is 0 Å². The molecular formula is C14H19N3O. The highest BCUT2D eigenvalue weighted by molar-refractivity contribution is 5.66. The van der Waals surface area contributed by atoms with E-state index in [4.69, 9.17) is 4.74 Å². The Bertz CT molecular complexity index is 546. The molecule has 0 radical (unpaired) electrons. The van der Waals surface area contributed by atoms with Crippen LogP contribution in [-0.2, 0) is 6.54 Å². The summed E-state index contributed by atoms with van der Waals surface area (Å²) in [5.41, 5.74) is 4.60. The third-order valence-corrected chi connectivity index (χ3v) is 3.22. The molecule has 0 saturated heterocycles. The van der Waals surface area contributed by atoms with Gasteiger partial charge in [-0.25, -0.2) is 4.98 Å². The van der Waals surface area contributed by atoms with Gasteiger partial charge in [0.05, 0.1) is 25.5 Å². The number of imidazole rings is 1. The van der Waals surface area contributed by atoms with Crippen LogP contribution in [0.1, 0.15) is 17.0 Å². The van der Waals surface area contributed by atoms with E-state index in [1.165, 1.54) is 16.7 Å². The maximum Gasteiger partial charge on any atom is 0.122 e. The molecule has 4 nitrogen and oxygen atoms in total. The highest BCUT2D eigenvalue weighted by Crippen LogP contribution is 2.29. The van der Waals surface area contributed by atoms with E-state index in [-0.39, 0.29) is 0 Å². The van der Waals surface area contributed by atoms with Crippen LogP contribution in [0, 0.1) is 13.8 Å². The van der Waals surface area contributed by atoms with E-state index in [1.54, 1.807) is 7.11 Å². The van der Waals surface area contributed by atoms with Crippen LogP contribution in [0.2, 0.25) is 0 Å². The average molecular weight is 245 g/mol. The van der Waals surface area contributed by atoms with Crippen molar-refractivity contribution in [3.8, 4) is 17.0 Å². The first-order valence-electron chi connectivity index (χ1n) is 6.00. The van der Waals surface area contributed by atoms with E-state index in [0.717, 1.165) is 23.8 Å². The summed E-state index contributed by atoms with van der Waals surface area (Å²) < 4.78 is 5.32. The third-order valence-electron chi connectivity index (χ3n) is 3.22. The first-order valence-corrected chi connectivity index (χ1v) is 6.00. The Morgan fingerprint density at radius 3 is 2.72 bits per heavy atom. The van der Waals surface area contributed by atoms with Gasteiger partial charge in [-0.15, -0.1) is 0 Å². The van der Waals surface area contributed by atoms with Gasteiger partial charge in [0.1, 0.15) is 11.6 Å². The smallest absolute Gasteiger partial charge is 0.122 e. The molecule has 96 valence electrons. The Morgan fingerprint density at radius 2 is 2.06 bits per heavy atom. The zero-order valence-electron chi connectivity index (χ0n) is 11.3. The second-order valence-electron chi connectivity index (χ2n) is 4.34. The summed E-state index contributed by atoms with van der Waals surface area (Å²) in [7, 11) is 3.60. The standard InChI is InChI=1S/C14H19N3O/c1-9-10(2)13(18-4)6-5-11(9)12-7-16-14(17-12)8-15-3/h5-7,15H,8H2,1-4H3,(H,16,17). The molecule has 0 aliphatic heterocycles. The number of H-pyrrole nitrogens is 1. The Hall–Kier alpha value is -1.81. The third kappa shape index (κ3) is 2.24. The van der Waals surface area contributed by atoms with Crippen molar-refractivity contribution in [1.29, 1.82) is 0 Å². The molecule has 0 aliphatic rings. The minimum atomic E-state index is 0.744. The fraction of sp³-hybridized carbons (Fsp3) is 0.357. The quantitative estimate of drug-likeness (QED) is 0.869. The molecule has 18 heavy (non-hydrogen) atoms. The number of aromatic nitrogens is 2. The van der Waals surface area contributed by atoms with Crippen molar-refractivity contribution in [3.63, 3.8) is 0 Å². The fourth-order valence-corrected chi connectivity index (χ4v) is 2.07. The number of benzene rings is 1. The zero-order valence-corrected chi connectivity index (χ0v) is 11.3. The van der Waals surface area contributed by atoms with Gasteiger partial charge in [-0.3, -0.25) is 0 Å². The number of nitrogens with zero attached hydrogens (tertiary/aromatic N) is 1. The van der Waals surface area contributed by atoms with Crippen molar-refractivity contribution in [2.45, 2.75) is 20.4 Å². The van der Waals surface area contributed by atoms with Crippen molar-refractivity contribution in [2.75, 3.05) is 14.2 Å². The monoisotopic (exact) mass is 245 g/mol. The summed E-state index contributed by atoms with van der Waals surface area (Å²) in [5, 5.41) is 3.08. The normalized spacial score (nSPS) is 10.7. The highest BCUT2D eigenvalue weighted by Gasteiger charge is 2.10. The average Bonchev–Trinajstić information content (AvgIpc) is 2.81. The van der Waals surface area contributed by atoms with Crippen molar-refractivity contribution < 1.29 is 4.74 Å². The van der Waals surface area contributed by atoms with Crippen LogP contribution >= 0.6 is 0 Å². The first-order chi connectivity index (χ1) is 8.67. The van der Waals surface area contributed by atoms with Gasteiger partial charge in [0.15, 0.2) is 0 Å². The van der Waals surface area contributed by atoms with Crippen LogP contribution < -0.4 is 10.1 Å². The minimum Gasteiger partial charge on any atom is -0.496 e. The van der Waals surface area contributed by atoms with Crippen LogP contribution in [0.25, 0.3) is 11.3 Å². The molecule has 4 heteroatoms. The maximum atomic E-state index is 5.32. The van der Waals surface area contributed by atoms with Gasteiger partial charge in [0.2, 0.25) is 0 Å². The number of hydrogen-bond donors (Lipinski definition) is 2. The van der Waals surface area contributed by atoms with Crippen LogP contribution in [-0.4, -0.2) is 24.1 Å². The molecule has 0 spiro atoms. The number of nitrogens with one attached hydrogen (secondary N) is 2. The predicted molar refractivity (Wildman–Crippen MR) is 72.8 cm³/mol.